The lowest BCUT2D eigenvalue weighted by atomic mass is 9.96. The summed E-state index contributed by atoms with van der Waals surface area (Å²) < 4.78 is 46.3. The van der Waals surface area contributed by atoms with Gasteiger partial charge in [0.25, 0.3) is 0 Å². The number of para-hydroxylation sites is 1. The fourth-order valence-corrected chi connectivity index (χ4v) is 5.00. The molecule has 0 radical (unpaired) electrons. The molecule has 34 heavy (non-hydrogen) atoms. The van der Waals surface area contributed by atoms with Crippen LogP contribution in [0.15, 0.2) is 36.7 Å². The zero-order valence-corrected chi connectivity index (χ0v) is 20.1. The second kappa shape index (κ2) is 9.57. The highest BCUT2D eigenvalue weighted by Crippen LogP contribution is 2.37. The number of nitrogens with one attached hydrogen (secondary N) is 1. The van der Waals surface area contributed by atoms with Gasteiger partial charge in [-0.1, -0.05) is 13.0 Å². The first-order chi connectivity index (χ1) is 16.2. The lowest BCUT2D eigenvalue weighted by Gasteiger charge is -2.37. The lowest BCUT2D eigenvalue weighted by molar-refractivity contribution is -0.154. The monoisotopic (exact) mass is 489 g/mol. The number of pyridine rings is 1. The van der Waals surface area contributed by atoms with Crippen molar-refractivity contribution < 1.29 is 27.7 Å². The molecule has 0 spiro atoms. The minimum absolute atomic E-state index is 0.0760. The normalized spacial score (nSPS) is 18.7. The number of anilines is 1. The SMILES string of the molecule is COc1cccc(OC)c1-n1c(NS(=O)(=O)C[C@H](O)C2OCC2C)nnc1-c1cncc(C)c1. The van der Waals surface area contributed by atoms with Gasteiger partial charge in [0.1, 0.15) is 17.2 Å². The molecular weight excluding hydrogens is 462 g/mol. The molecule has 0 aliphatic carbocycles. The smallest absolute Gasteiger partial charge is 0.243 e. The number of aromatic nitrogens is 4. The minimum atomic E-state index is -4.03. The summed E-state index contributed by atoms with van der Waals surface area (Å²) in [5, 5.41) is 18.7. The van der Waals surface area contributed by atoms with Crippen LogP contribution in [-0.2, 0) is 14.8 Å². The average Bonchev–Trinajstić information content (AvgIpc) is 3.18. The van der Waals surface area contributed by atoms with Crippen molar-refractivity contribution in [2.24, 2.45) is 5.92 Å². The second-order valence-corrected chi connectivity index (χ2v) is 9.94. The van der Waals surface area contributed by atoms with Crippen molar-refractivity contribution >= 4 is 16.0 Å². The first-order valence-electron chi connectivity index (χ1n) is 10.6. The van der Waals surface area contributed by atoms with Crippen molar-refractivity contribution in [3.05, 3.63) is 42.2 Å². The van der Waals surface area contributed by atoms with Gasteiger partial charge in [0.15, 0.2) is 5.82 Å². The summed E-state index contributed by atoms with van der Waals surface area (Å²) in [6, 6.07) is 7.03. The Kier molecular flexibility index (Phi) is 6.73. The number of nitrogens with zero attached hydrogens (tertiary/aromatic N) is 4. The fourth-order valence-electron chi connectivity index (χ4n) is 3.87. The van der Waals surface area contributed by atoms with Crippen LogP contribution in [0.25, 0.3) is 17.1 Å². The summed E-state index contributed by atoms with van der Waals surface area (Å²) in [6.07, 6.45) is 1.59. The molecular formula is C22H27N5O6S. The standard InChI is InChI=1S/C22H27N5O6S/c1-13-8-15(10-23-9-13)21-24-25-22(26-34(29,30)12-16(28)20-14(2)11-33-20)27(21)19-17(31-3)6-5-7-18(19)32-4/h5-10,14,16,20,28H,11-12H2,1-4H3,(H,25,26)/t14?,16-,20?/m0/s1. The van der Waals surface area contributed by atoms with E-state index in [9.17, 15) is 13.5 Å². The number of ether oxygens (including phenoxy) is 3. The number of aliphatic hydroxyl groups is 1. The summed E-state index contributed by atoms with van der Waals surface area (Å²) in [5.74, 6) is 0.588. The number of aliphatic hydroxyl groups excluding tert-OH is 1. The summed E-state index contributed by atoms with van der Waals surface area (Å²) >= 11 is 0. The topological polar surface area (TPSA) is 138 Å². The van der Waals surface area contributed by atoms with Crippen molar-refractivity contribution in [3.8, 4) is 28.6 Å². The molecule has 11 nitrogen and oxygen atoms in total. The molecule has 3 heterocycles. The van der Waals surface area contributed by atoms with Crippen LogP contribution >= 0.6 is 0 Å². The number of rotatable bonds is 9. The molecule has 2 N–H and O–H groups in total. The maximum atomic E-state index is 13.0. The summed E-state index contributed by atoms with van der Waals surface area (Å²) in [6.45, 7) is 4.27. The molecule has 3 aromatic rings. The van der Waals surface area contributed by atoms with Crippen molar-refractivity contribution in [3.63, 3.8) is 0 Å². The van der Waals surface area contributed by atoms with Gasteiger partial charge in [0.05, 0.1) is 38.8 Å². The van der Waals surface area contributed by atoms with Gasteiger partial charge in [0, 0.05) is 23.9 Å². The van der Waals surface area contributed by atoms with Gasteiger partial charge in [-0.2, -0.15) is 0 Å². The third-order valence-electron chi connectivity index (χ3n) is 5.55. The van der Waals surface area contributed by atoms with Gasteiger partial charge < -0.3 is 19.3 Å². The quantitative estimate of drug-likeness (QED) is 0.461. The first-order valence-corrected chi connectivity index (χ1v) is 12.3. The minimum Gasteiger partial charge on any atom is -0.494 e. The van der Waals surface area contributed by atoms with Gasteiger partial charge in [0.2, 0.25) is 16.0 Å². The van der Waals surface area contributed by atoms with E-state index in [-0.39, 0.29) is 11.9 Å². The molecule has 0 saturated carbocycles. The van der Waals surface area contributed by atoms with Crippen molar-refractivity contribution in [1.82, 2.24) is 19.7 Å². The molecule has 2 aromatic heterocycles. The Bertz CT molecular complexity index is 1260. The maximum Gasteiger partial charge on any atom is 0.243 e. The molecule has 1 fully saturated rings. The van der Waals surface area contributed by atoms with E-state index in [1.165, 1.54) is 18.8 Å². The maximum absolute atomic E-state index is 13.0. The largest absolute Gasteiger partial charge is 0.494 e. The average molecular weight is 490 g/mol. The Balaban J connectivity index is 1.80. The van der Waals surface area contributed by atoms with Crippen LogP contribution in [0, 0.1) is 12.8 Å². The molecule has 1 aliphatic rings. The van der Waals surface area contributed by atoms with Gasteiger partial charge >= 0.3 is 0 Å². The van der Waals surface area contributed by atoms with Crippen LogP contribution < -0.4 is 14.2 Å². The molecule has 3 atom stereocenters. The molecule has 1 aliphatic heterocycles. The van der Waals surface area contributed by atoms with Crippen molar-refractivity contribution in [2.45, 2.75) is 26.1 Å². The molecule has 1 saturated heterocycles. The van der Waals surface area contributed by atoms with E-state index in [1.807, 2.05) is 19.9 Å². The Labute approximate surface area is 197 Å². The molecule has 2 unspecified atom stereocenters. The molecule has 12 heteroatoms. The van der Waals surface area contributed by atoms with E-state index >= 15 is 0 Å². The highest BCUT2D eigenvalue weighted by atomic mass is 32.2. The Morgan fingerprint density at radius 1 is 1.24 bits per heavy atom. The first kappa shape index (κ1) is 23.9. The molecule has 1 aromatic carbocycles. The third-order valence-corrected chi connectivity index (χ3v) is 6.82. The van der Waals surface area contributed by atoms with E-state index in [0.717, 1.165) is 5.56 Å². The number of methoxy groups -OCH3 is 2. The van der Waals surface area contributed by atoms with E-state index in [4.69, 9.17) is 14.2 Å². The molecule has 0 amide bonds. The highest BCUT2D eigenvalue weighted by molar-refractivity contribution is 7.92. The molecule has 0 bridgehead atoms. The number of benzene rings is 1. The number of aryl methyl sites for hydroxylation is 1. The molecule has 182 valence electrons. The van der Waals surface area contributed by atoms with Crippen molar-refractivity contribution in [2.75, 3.05) is 31.3 Å². The predicted octanol–water partition coefficient (Wildman–Crippen LogP) is 1.79. The summed E-state index contributed by atoms with van der Waals surface area (Å²) in [7, 11) is -1.03. The van der Waals surface area contributed by atoms with Crippen LogP contribution in [0.5, 0.6) is 11.5 Å². The Morgan fingerprint density at radius 2 is 1.94 bits per heavy atom. The highest BCUT2D eigenvalue weighted by Gasteiger charge is 2.37. The summed E-state index contributed by atoms with van der Waals surface area (Å²) in [5.41, 5.74) is 1.91. The van der Waals surface area contributed by atoms with Crippen LogP contribution in [0.2, 0.25) is 0 Å². The van der Waals surface area contributed by atoms with Gasteiger partial charge in [-0.05, 0) is 30.7 Å². The van der Waals surface area contributed by atoms with Crippen LogP contribution in [0.3, 0.4) is 0 Å². The van der Waals surface area contributed by atoms with E-state index in [2.05, 4.69) is 19.9 Å². The van der Waals surface area contributed by atoms with Crippen molar-refractivity contribution in [1.29, 1.82) is 0 Å². The Hall–Kier alpha value is -3.22. The zero-order valence-electron chi connectivity index (χ0n) is 19.3. The Morgan fingerprint density at radius 3 is 2.50 bits per heavy atom. The third kappa shape index (κ3) is 4.69. The van der Waals surface area contributed by atoms with Gasteiger partial charge in [-0.3, -0.25) is 14.3 Å². The number of hydrogen-bond acceptors (Lipinski definition) is 9. The predicted molar refractivity (Wildman–Crippen MR) is 125 cm³/mol. The van der Waals surface area contributed by atoms with E-state index in [0.29, 0.717) is 35.2 Å². The number of sulfonamides is 1. The lowest BCUT2D eigenvalue weighted by Crippen LogP contribution is -2.49. The van der Waals surface area contributed by atoms with Crippen LogP contribution in [-0.4, -0.2) is 72.1 Å². The number of hydrogen-bond donors (Lipinski definition) is 2. The van der Waals surface area contributed by atoms with Crippen LogP contribution in [0.1, 0.15) is 12.5 Å². The van der Waals surface area contributed by atoms with Gasteiger partial charge in [-0.25, -0.2) is 8.42 Å². The van der Waals surface area contributed by atoms with Crippen LogP contribution in [0.4, 0.5) is 5.95 Å². The van der Waals surface area contributed by atoms with E-state index < -0.39 is 28.0 Å². The fraction of sp³-hybridized carbons (Fsp3) is 0.409. The second-order valence-electron chi connectivity index (χ2n) is 8.17. The van der Waals surface area contributed by atoms with Gasteiger partial charge in [-0.15, -0.1) is 10.2 Å². The zero-order chi connectivity index (χ0) is 24.5. The van der Waals surface area contributed by atoms with E-state index in [1.54, 1.807) is 30.6 Å². The summed E-state index contributed by atoms with van der Waals surface area (Å²) in [4.78, 5) is 4.22. The molecule has 4 rings (SSSR count).